The lowest BCUT2D eigenvalue weighted by Crippen LogP contribution is -2.37. The minimum Gasteiger partial charge on any atom is -0.493 e. The maximum Gasteiger partial charge on any atom is 0.332 e. The van der Waals surface area contributed by atoms with E-state index in [0.717, 1.165) is 15.0 Å². The van der Waals surface area contributed by atoms with E-state index in [4.69, 9.17) is 32.7 Å². The van der Waals surface area contributed by atoms with Gasteiger partial charge in [-0.15, -0.1) is 0 Å². The van der Waals surface area contributed by atoms with Gasteiger partial charge in [-0.3, -0.25) is 37.8 Å². The van der Waals surface area contributed by atoms with Crippen molar-refractivity contribution in [1.29, 1.82) is 0 Å². The van der Waals surface area contributed by atoms with E-state index >= 15 is 0 Å². The van der Waals surface area contributed by atoms with Crippen molar-refractivity contribution in [2.75, 3.05) is 19.0 Å². The van der Waals surface area contributed by atoms with Crippen LogP contribution in [0.2, 0.25) is 10.0 Å². The number of benzene rings is 3. The monoisotopic (exact) mass is 734 g/mol. The molecular formula is C34H28Cl2N6O7S. The Balaban J connectivity index is 1.29. The van der Waals surface area contributed by atoms with Crippen molar-refractivity contribution in [3.05, 3.63) is 113 Å². The number of fused-ring (bicyclic) bond motifs is 1. The molecule has 5 aromatic rings. The fourth-order valence-electron chi connectivity index (χ4n) is 5.28. The van der Waals surface area contributed by atoms with Crippen LogP contribution in [0.4, 0.5) is 10.5 Å². The molecule has 1 fully saturated rings. The number of aromatic nitrogens is 4. The molecule has 3 heterocycles. The van der Waals surface area contributed by atoms with Gasteiger partial charge in [0.15, 0.2) is 22.7 Å². The van der Waals surface area contributed by atoms with Gasteiger partial charge in [-0.1, -0.05) is 47.5 Å². The number of imide groups is 1. The average Bonchev–Trinajstić information content (AvgIpc) is 3.56. The Kier molecular flexibility index (Phi) is 9.60. The molecule has 256 valence electrons. The molecular weight excluding hydrogens is 707 g/mol. The van der Waals surface area contributed by atoms with Crippen molar-refractivity contribution < 1.29 is 23.9 Å². The second-order valence-corrected chi connectivity index (χ2v) is 13.1. The van der Waals surface area contributed by atoms with Crippen molar-refractivity contribution in [2.45, 2.75) is 13.5 Å². The van der Waals surface area contributed by atoms with Gasteiger partial charge in [-0.05, 0) is 77.9 Å². The number of thioether (sulfide) groups is 1. The third-order valence-electron chi connectivity index (χ3n) is 7.82. The summed E-state index contributed by atoms with van der Waals surface area (Å²) in [7, 11) is 4.28. The van der Waals surface area contributed by atoms with E-state index in [-0.39, 0.29) is 40.1 Å². The topological polar surface area (TPSA) is 147 Å². The first kappa shape index (κ1) is 34.5. The number of aryl methyl sites for hydroxylation is 2. The number of hydrogen-bond acceptors (Lipinski definition) is 9. The van der Waals surface area contributed by atoms with Crippen LogP contribution in [0.15, 0.2) is 75.2 Å². The zero-order valence-corrected chi connectivity index (χ0v) is 29.4. The number of carbonyl (C=O) groups excluding carboxylic acids is 3. The van der Waals surface area contributed by atoms with Crippen molar-refractivity contribution in [1.82, 2.24) is 23.6 Å². The lowest BCUT2D eigenvalue weighted by Gasteiger charge is -2.14. The van der Waals surface area contributed by atoms with Gasteiger partial charge in [0.2, 0.25) is 5.91 Å². The highest BCUT2D eigenvalue weighted by Gasteiger charge is 2.36. The van der Waals surface area contributed by atoms with Crippen molar-refractivity contribution >= 4 is 74.9 Å². The first-order valence-electron chi connectivity index (χ1n) is 14.9. The fraction of sp³-hybridized carbons (Fsp3) is 0.176. The van der Waals surface area contributed by atoms with Gasteiger partial charge in [-0.2, -0.15) is 4.98 Å². The Labute approximate surface area is 298 Å². The van der Waals surface area contributed by atoms with E-state index < -0.39 is 34.8 Å². The Morgan fingerprint density at radius 2 is 1.76 bits per heavy atom. The van der Waals surface area contributed by atoms with Crippen LogP contribution in [-0.2, 0) is 30.2 Å². The zero-order valence-electron chi connectivity index (χ0n) is 27.0. The average molecular weight is 736 g/mol. The third kappa shape index (κ3) is 6.77. The molecule has 3 amide bonds. The van der Waals surface area contributed by atoms with Gasteiger partial charge in [-0.25, -0.2) is 4.79 Å². The molecule has 0 saturated carbocycles. The molecule has 3 aromatic carbocycles. The molecule has 0 atom stereocenters. The number of rotatable bonds is 9. The summed E-state index contributed by atoms with van der Waals surface area (Å²) in [5, 5.41) is 2.91. The summed E-state index contributed by atoms with van der Waals surface area (Å²) in [5.41, 5.74) is 1.67. The standard InChI is InChI=1S/C34H28Cl2N6O7S/c1-18-6-5-7-22(12-18)37-27(43)17-42-30(44)26(50-34(42)47)14-19-8-11-24(25(13-19)48-4)49-32-38-29-28(31(45)40(3)33(46)39(29)2)41(32)16-20-9-10-21(35)15-23(20)36/h5-15H,16-17H2,1-4H3,(H,37,43). The number of methoxy groups -OCH3 is 1. The number of carbonyl (C=O) groups is 3. The van der Waals surface area contributed by atoms with Crippen LogP contribution in [0.1, 0.15) is 16.7 Å². The molecule has 1 aliphatic heterocycles. The fourth-order valence-corrected chi connectivity index (χ4v) is 6.59. The highest BCUT2D eigenvalue weighted by molar-refractivity contribution is 8.18. The van der Waals surface area contributed by atoms with Crippen LogP contribution >= 0.6 is 35.0 Å². The number of amides is 3. The minimum absolute atomic E-state index is 0.0274. The zero-order chi connectivity index (χ0) is 35.9. The molecule has 0 aliphatic carbocycles. The van der Waals surface area contributed by atoms with Crippen molar-refractivity contribution in [3.63, 3.8) is 0 Å². The van der Waals surface area contributed by atoms with Crippen LogP contribution in [0.3, 0.4) is 0 Å². The number of halogens is 2. The SMILES string of the molecule is COc1cc(C=C2SC(=O)N(CC(=O)Nc3cccc(C)c3)C2=O)ccc1Oc1nc2c(c(=O)n(C)c(=O)n2C)n1Cc1ccc(Cl)cc1Cl. The largest absolute Gasteiger partial charge is 0.493 e. The molecule has 0 bridgehead atoms. The summed E-state index contributed by atoms with van der Waals surface area (Å²) in [6.07, 6.45) is 1.51. The number of imidazole rings is 1. The maximum atomic E-state index is 13.3. The molecule has 0 spiro atoms. The quantitative estimate of drug-likeness (QED) is 0.192. The van der Waals surface area contributed by atoms with Crippen molar-refractivity contribution in [3.8, 4) is 17.5 Å². The van der Waals surface area contributed by atoms with E-state index in [1.165, 1.54) is 36.4 Å². The normalized spacial score (nSPS) is 13.8. The summed E-state index contributed by atoms with van der Waals surface area (Å²) in [6.45, 7) is 1.49. The van der Waals surface area contributed by atoms with E-state index in [1.807, 2.05) is 13.0 Å². The summed E-state index contributed by atoms with van der Waals surface area (Å²) in [6, 6.07) is 16.9. The second kappa shape index (κ2) is 13.9. The predicted octanol–water partition coefficient (Wildman–Crippen LogP) is 5.57. The van der Waals surface area contributed by atoms with E-state index in [1.54, 1.807) is 54.6 Å². The number of hydrogen-bond donors (Lipinski definition) is 1. The predicted molar refractivity (Wildman–Crippen MR) is 191 cm³/mol. The molecule has 13 nitrogen and oxygen atoms in total. The Morgan fingerprint density at radius 1 is 0.980 bits per heavy atom. The summed E-state index contributed by atoms with van der Waals surface area (Å²) in [5.74, 6) is -0.684. The Hall–Kier alpha value is -5.31. The van der Waals surface area contributed by atoms with Crippen LogP contribution < -0.4 is 26.0 Å². The first-order chi connectivity index (χ1) is 23.8. The summed E-state index contributed by atoms with van der Waals surface area (Å²) < 4.78 is 15.5. The molecule has 1 aliphatic rings. The van der Waals surface area contributed by atoms with Crippen LogP contribution in [0.25, 0.3) is 17.2 Å². The summed E-state index contributed by atoms with van der Waals surface area (Å²) >= 11 is 13.3. The first-order valence-corrected chi connectivity index (χ1v) is 16.5. The molecule has 0 unspecified atom stereocenters. The third-order valence-corrected chi connectivity index (χ3v) is 9.31. The number of ether oxygens (including phenoxy) is 2. The highest BCUT2D eigenvalue weighted by Crippen LogP contribution is 2.37. The van der Waals surface area contributed by atoms with E-state index in [9.17, 15) is 24.0 Å². The molecule has 1 saturated heterocycles. The highest BCUT2D eigenvalue weighted by atomic mass is 35.5. The van der Waals surface area contributed by atoms with E-state index in [2.05, 4.69) is 10.3 Å². The van der Waals surface area contributed by atoms with Gasteiger partial charge < -0.3 is 14.8 Å². The molecule has 2 aromatic heterocycles. The van der Waals surface area contributed by atoms with Gasteiger partial charge in [0.25, 0.3) is 16.7 Å². The summed E-state index contributed by atoms with van der Waals surface area (Å²) in [4.78, 5) is 70.0. The number of nitrogens with one attached hydrogen (secondary N) is 1. The Morgan fingerprint density at radius 3 is 2.48 bits per heavy atom. The lowest BCUT2D eigenvalue weighted by molar-refractivity contribution is -0.127. The maximum absolute atomic E-state index is 13.3. The van der Waals surface area contributed by atoms with Gasteiger partial charge >= 0.3 is 11.7 Å². The van der Waals surface area contributed by atoms with Crippen molar-refractivity contribution in [2.24, 2.45) is 14.1 Å². The number of nitrogens with zero attached hydrogens (tertiary/aromatic N) is 5. The molecule has 1 N–H and O–H groups in total. The number of anilines is 1. The van der Waals surface area contributed by atoms with Crippen LogP contribution in [-0.4, -0.2) is 54.3 Å². The van der Waals surface area contributed by atoms with Gasteiger partial charge in [0, 0.05) is 29.8 Å². The van der Waals surface area contributed by atoms with Gasteiger partial charge in [0.05, 0.1) is 18.6 Å². The molecule has 0 radical (unpaired) electrons. The molecule has 50 heavy (non-hydrogen) atoms. The van der Waals surface area contributed by atoms with Crippen LogP contribution in [0, 0.1) is 6.92 Å². The van der Waals surface area contributed by atoms with Crippen LogP contribution in [0.5, 0.6) is 17.5 Å². The van der Waals surface area contributed by atoms with Gasteiger partial charge in [0.1, 0.15) is 6.54 Å². The molecule has 6 rings (SSSR count). The second-order valence-electron chi connectivity index (χ2n) is 11.3. The molecule has 16 heteroatoms. The Bertz CT molecular complexity index is 2380. The smallest absolute Gasteiger partial charge is 0.332 e. The van der Waals surface area contributed by atoms with E-state index in [0.29, 0.717) is 38.6 Å². The lowest BCUT2D eigenvalue weighted by atomic mass is 10.2. The minimum atomic E-state index is -0.611.